The maximum Gasteiger partial charge on any atom is 0.256 e. The molecule has 0 aromatic carbocycles. The number of methoxy groups -OCH3 is 3. The van der Waals surface area contributed by atoms with Gasteiger partial charge < -0.3 is 19.6 Å². The van der Waals surface area contributed by atoms with Crippen LogP contribution in [0.2, 0.25) is 0 Å². The average Bonchev–Trinajstić information content (AvgIpc) is 2.35. The van der Waals surface area contributed by atoms with E-state index in [1.165, 1.54) is 14.2 Å². The molecule has 5 nitrogen and oxygen atoms in total. The number of hydrogen-bond acceptors (Lipinski definition) is 5. The van der Waals surface area contributed by atoms with E-state index in [0.717, 1.165) is 0 Å². The number of pyridine rings is 1. The molecule has 1 aromatic heterocycles. The Kier molecular flexibility index (Phi) is 4.25. The van der Waals surface area contributed by atoms with E-state index in [2.05, 4.69) is 4.98 Å². The summed E-state index contributed by atoms with van der Waals surface area (Å²) in [4.78, 5) is 4.06. The number of ether oxygens (including phenoxy) is 3. The molecule has 0 bridgehead atoms. The fourth-order valence-electron chi connectivity index (χ4n) is 1.23. The van der Waals surface area contributed by atoms with Crippen LogP contribution in [0, 0.1) is 5.41 Å². The van der Waals surface area contributed by atoms with Gasteiger partial charge in [-0.1, -0.05) is 0 Å². The van der Waals surface area contributed by atoms with Crippen LogP contribution in [0.5, 0.6) is 11.6 Å². The predicted molar refractivity (Wildman–Crippen MR) is 60.6 cm³/mol. The fourth-order valence-corrected chi connectivity index (χ4v) is 1.23. The van der Waals surface area contributed by atoms with Crippen LogP contribution in [0.4, 0.5) is 0 Å². The minimum absolute atomic E-state index is 0.278. The molecule has 0 saturated carbocycles. The minimum atomic E-state index is -0.278. The van der Waals surface area contributed by atoms with Crippen molar-refractivity contribution >= 4 is 5.71 Å². The second kappa shape index (κ2) is 5.46. The van der Waals surface area contributed by atoms with Gasteiger partial charge in [0.15, 0.2) is 5.75 Å². The molecule has 1 rings (SSSR count). The normalized spacial score (nSPS) is 12.0. The average molecular weight is 224 g/mol. The Morgan fingerprint density at radius 3 is 2.50 bits per heavy atom. The number of hydrogen-bond donors (Lipinski definition) is 1. The van der Waals surface area contributed by atoms with E-state index in [9.17, 15) is 0 Å². The lowest BCUT2D eigenvalue weighted by atomic mass is 10.1. The summed E-state index contributed by atoms with van der Waals surface area (Å²) < 4.78 is 15.2. The highest BCUT2D eigenvalue weighted by Crippen LogP contribution is 2.25. The Morgan fingerprint density at radius 1 is 1.31 bits per heavy atom. The van der Waals surface area contributed by atoms with Crippen LogP contribution in [-0.2, 0) is 4.74 Å². The Morgan fingerprint density at radius 2 is 2.00 bits per heavy atom. The van der Waals surface area contributed by atoms with Crippen LogP contribution in [-0.4, -0.2) is 38.1 Å². The van der Waals surface area contributed by atoms with Crippen molar-refractivity contribution in [2.45, 2.75) is 13.0 Å². The lowest BCUT2D eigenvalue weighted by Gasteiger charge is -2.13. The topological polar surface area (TPSA) is 64.4 Å². The van der Waals surface area contributed by atoms with Crippen molar-refractivity contribution in [3.63, 3.8) is 0 Å². The van der Waals surface area contributed by atoms with Gasteiger partial charge in [0.1, 0.15) is 0 Å². The molecule has 0 aliphatic carbocycles. The molecule has 0 aliphatic heterocycles. The van der Waals surface area contributed by atoms with E-state index in [0.29, 0.717) is 22.9 Å². The molecule has 0 amide bonds. The summed E-state index contributed by atoms with van der Waals surface area (Å²) in [7, 11) is 4.62. The zero-order valence-electron chi connectivity index (χ0n) is 9.90. The van der Waals surface area contributed by atoms with Gasteiger partial charge in [-0.3, -0.25) is 0 Å². The van der Waals surface area contributed by atoms with E-state index in [1.54, 1.807) is 26.3 Å². The van der Waals surface area contributed by atoms with Crippen molar-refractivity contribution in [1.82, 2.24) is 4.98 Å². The molecule has 0 saturated heterocycles. The number of aromatic nitrogens is 1. The van der Waals surface area contributed by atoms with Crippen molar-refractivity contribution in [3.05, 3.63) is 17.8 Å². The maximum absolute atomic E-state index is 7.87. The van der Waals surface area contributed by atoms with Crippen LogP contribution in [0.15, 0.2) is 12.3 Å². The minimum Gasteiger partial charge on any atom is -0.491 e. The molecule has 16 heavy (non-hydrogen) atoms. The van der Waals surface area contributed by atoms with Gasteiger partial charge >= 0.3 is 0 Å². The van der Waals surface area contributed by atoms with Gasteiger partial charge in [0.2, 0.25) is 0 Å². The number of rotatable bonds is 5. The Hall–Kier alpha value is -1.62. The van der Waals surface area contributed by atoms with Crippen molar-refractivity contribution in [3.8, 4) is 11.6 Å². The van der Waals surface area contributed by atoms with Crippen molar-refractivity contribution in [2.75, 3.05) is 21.3 Å². The summed E-state index contributed by atoms with van der Waals surface area (Å²) in [6.07, 6.45) is 1.29. The lowest BCUT2D eigenvalue weighted by molar-refractivity contribution is 0.170. The third-order valence-corrected chi connectivity index (χ3v) is 2.30. The molecular formula is C11H16N2O3. The molecule has 1 heterocycles. The zero-order valence-corrected chi connectivity index (χ0v) is 9.90. The first-order chi connectivity index (χ1) is 7.63. The smallest absolute Gasteiger partial charge is 0.256 e. The standard InChI is InChI=1S/C11H16N2O3/c1-7(14-2)10(12)8-5-9(15-3)11(16-4)13-6-8/h5-7,12H,1-4H3. The lowest BCUT2D eigenvalue weighted by Crippen LogP contribution is -2.19. The predicted octanol–water partition coefficient (Wildman–Crippen LogP) is 1.50. The van der Waals surface area contributed by atoms with Crippen LogP contribution in [0.3, 0.4) is 0 Å². The molecule has 0 fully saturated rings. The largest absolute Gasteiger partial charge is 0.491 e. The van der Waals surface area contributed by atoms with Gasteiger partial charge in [0.05, 0.1) is 26.0 Å². The van der Waals surface area contributed by atoms with Crippen LogP contribution in [0.25, 0.3) is 0 Å². The van der Waals surface area contributed by atoms with Gasteiger partial charge in [-0.2, -0.15) is 0 Å². The molecule has 5 heteroatoms. The van der Waals surface area contributed by atoms with Crippen LogP contribution >= 0.6 is 0 Å². The van der Waals surface area contributed by atoms with E-state index < -0.39 is 0 Å². The second-order valence-corrected chi connectivity index (χ2v) is 3.23. The molecule has 0 spiro atoms. The summed E-state index contributed by atoms with van der Waals surface area (Å²) >= 11 is 0. The molecule has 1 unspecified atom stereocenters. The third kappa shape index (κ3) is 2.49. The Balaban J connectivity index is 3.03. The van der Waals surface area contributed by atoms with E-state index in [-0.39, 0.29) is 6.10 Å². The van der Waals surface area contributed by atoms with Gasteiger partial charge in [0, 0.05) is 18.9 Å². The van der Waals surface area contributed by atoms with Crippen molar-refractivity contribution < 1.29 is 14.2 Å². The first-order valence-corrected chi connectivity index (χ1v) is 4.83. The molecule has 1 aromatic rings. The highest BCUT2D eigenvalue weighted by Gasteiger charge is 2.13. The van der Waals surface area contributed by atoms with Crippen molar-refractivity contribution in [1.29, 1.82) is 5.41 Å². The first-order valence-electron chi connectivity index (χ1n) is 4.83. The molecule has 88 valence electrons. The molecule has 1 N–H and O–H groups in total. The number of nitrogens with zero attached hydrogens (tertiary/aromatic N) is 1. The quantitative estimate of drug-likeness (QED) is 0.770. The van der Waals surface area contributed by atoms with E-state index >= 15 is 0 Å². The monoisotopic (exact) mass is 224 g/mol. The molecule has 0 radical (unpaired) electrons. The second-order valence-electron chi connectivity index (χ2n) is 3.23. The van der Waals surface area contributed by atoms with E-state index in [1.807, 2.05) is 0 Å². The van der Waals surface area contributed by atoms with Gasteiger partial charge in [-0.25, -0.2) is 4.98 Å². The highest BCUT2D eigenvalue weighted by molar-refractivity contribution is 6.01. The summed E-state index contributed by atoms with van der Waals surface area (Å²) in [5, 5.41) is 7.87. The first kappa shape index (κ1) is 12.4. The summed E-state index contributed by atoms with van der Waals surface area (Å²) in [5.74, 6) is 0.914. The fraction of sp³-hybridized carbons (Fsp3) is 0.455. The molecule has 1 atom stereocenters. The summed E-state index contributed by atoms with van der Waals surface area (Å²) in [6.45, 7) is 1.80. The highest BCUT2D eigenvalue weighted by atomic mass is 16.5. The van der Waals surface area contributed by atoms with Gasteiger partial charge in [-0.05, 0) is 13.0 Å². The maximum atomic E-state index is 7.87. The zero-order chi connectivity index (χ0) is 12.1. The van der Waals surface area contributed by atoms with Gasteiger partial charge in [-0.15, -0.1) is 0 Å². The van der Waals surface area contributed by atoms with Gasteiger partial charge in [0.25, 0.3) is 5.88 Å². The number of nitrogens with one attached hydrogen (secondary N) is 1. The van der Waals surface area contributed by atoms with Crippen LogP contribution < -0.4 is 9.47 Å². The van der Waals surface area contributed by atoms with Crippen LogP contribution in [0.1, 0.15) is 12.5 Å². The summed E-state index contributed by atoms with van der Waals surface area (Å²) in [5.41, 5.74) is 1.02. The third-order valence-electron chi connectivity index (χ3n) is 2.30. The molecular weight excluding hydrogens is 208 g/mol. The van der Waals surface area contributed by atoms with Crippen molar-refractivity contribution in [2.24, 2.45) is 0 Å². The van der Waals surface area contributed by atoms with E-state index in [4.69, 9.17) is 19.6 Å². The Bertz CT molecular complexity index is 379. The Labute approximate surface area is 94.9 Å². The summed E-state index contributed by atoms with van der Waals surface area (Å²) in [6, 6.07) is 1.71. The SMILES string of the molecule is COc1cc(C(=N)C(C)OC)cnc1OC. The molecule has 0 aliphatic rings.